The first-order chi connectivity index (χ1) is 19.4. The zero-order chi connectivity index (χ0) is 28.2. The largest absolute Gasteiger partial charge is 0.497 e. The number of terminal acetylenes is 1. The van der Waals surface area contributed by atoms with Crippen LogP contribution in [-0.4, -0.2) is 24.2 Å². The van der Waals surface area contributed by atoms with E-state index < -0.39 is 6.04 Å². The van der Waals surface area contributed by atoms with Crippen molar-refractivity contribution in [1.29, 1.82) is 0 Å². The molecule has 0 radical (unpaired) electrons. The monoisotopic (exact) mass is 569 g/mol. The summed E-state index contributed by atoms with van der Waals surface area (Å²) in [5.74, 6) is 3.19. The summed E-state index contributed by atoms with van der Waals surface area (Å²) in [4.78, 5) is 32.8. The highest BCUT2D eigenvalue weighted by atomic mass is 35.5. The summed E-state index contributed by atoms with van der Waals surface area (Å²) in [7, 11) is 1.57. The molecule has 3 aromatic carbocycles. The van der Waals surface area contributed by atoms with E-state index in [-0.39, 0.29) is 18.1 Å². The maximum Gasteiger partial charge on any atom is 0.271 e. The molecule has 7 nitrogen and oxygen atoms in total. The van der Waals surface area contributed by atoms with Crippen LogP contribution in [0.3, 0.4) is 0 Å². The number of fused-ring (bicyclic) bond motifs is 1. The van der Waals surface area contributed by atoms with Crippen molar-refractivity contribution in [1.82, 2.24) is 4.57 Å². The third kappa shape index (κ3) is 5.43. The molecule has 0 fully saturated rings. The summed E-state index contributed by atoms with van der Waals surface area (Å²) in [5.41, 5.74) is 2.50. The quantitative estimate of drug-likeness (QED) is 0.331. The number of amides is 1. The number of carbonyl (C=O) groups is 1. The molecule has 2 heterocycles. The number of carbonyl (C=O) groups excluding carboxylic acids is 1. The van der Waals surface area contributed by atoms with Crippen molar-refractivity contribution < 1.29 is 14.3 Å². The summed E-state index contributed by atoms with van der Waals surface area (Å²) in [5, 5.41) is 3.43. The average molecular weight is 570 g/mol. The van der Waals surface area contributed by atoms with Crippen LogP contribution in [0.25, 0.3) is 6.08 Å². The van der Waals surface area contributed by atoms with Crippen molar-refractivity contribution in [3.8, 4) is 23.8 Å². The first kappa shape index (κ1) is 27.0. The topological polar surface area (TPSA) is 81.9 Å². The number of hydrogen-bond acceptors (Lipinski definition) is 6. The number of methoxy groups -OCH3 is 1. The standard InChI is InChI=1S/C31H24ClN3O4S/c1-4-15-39-25-14-13-22(32)16-21(25)18-26-30(37)35-28(20-9-8-12-24(17-20)38-3)27(19(2)33-31(35)40-26)29(36)34-23-10-6-5-7-11-23/h1,5-14,16-18,28H,15H2,2-3H3,(H,34,36)/b26-18-/t28-/m0/s1. The number of aromatic nitrogens is 1. The number of allylic oxidation sites excluding steroid dienone is 1. The molecule has 1 amide bonds. The lowest BCUT2D eigenvalue weighted by atomic mass is 9.95. The molecule has 9 heteroatoms. The number of hydrogen-bond donors (Lipinski definition) is 1. The first-order valence-electron chi connectivity index (χ1n) is 12.3. The first-order valence-corrected chi connectivity index (χ1v) is 13.5. The van der Waals surface area contributed by atoms with Crippen molar-refractivity contribution in [3.05, 3.63) is 120 Å². The van der Waals surface area contributed by atoms with Crippen LogP contribution in [0.4, 0.5) is 5.69 Å². The highest BCUT2D eigenvalue weighted by Crippen LogP contribution is 2.32. The molecule has 0 aliphatic carbocycles. The van der Waals surface area contributed by atoms with Gasteiger partial charge in [-0.1, -0.05) is 59.2 Å². The van der Waals surface area contributed by atoms with E-state index in [1.165, 1.54) is 11.3 Å². The Morgan fingerprint density at radius 1 is 1.18 bits per heavy atom. The van der Waals surface area contributed by atoms with Gasteiger partial charge in [-0.2, -0.15) is 0 Å². The van der Waals surface area contributed by atoms with E-state index in [0.717, 1.165) is 0 Å². The van der Waals surface area contributed by atoms with Crippen molar-refractivity contribution in [3.63, 3.8) is 0 Å². The Hall–Kier alpha value is -4.58. The second-order valence-electron chi connectivity index (χ2n) is 8.85. The van der Waals surface area contributed by atoms with Gasteiger partial charge in [-0.05, 0) is 61.0 Å². The van der Waals surface area contributed by atoms with Crippen LogP contribution in [0, 0.1) is 12.3 Å². The van der Waals surface area contributed by atoms with Crippen molar-refractivity contribution >= 4 is 40.6 Å². The van der Waals surface area contributed by atoms with Gasteiger partial charge in [0.05, 0.1) is 29.0 Å². The number of nitrogens with one attached hydrogen (secondary N) is 1. The minimum Gasteiger partial charge on any atom is -0.497 e. The van der Waals surface area contributed by atoms with Gasteiger partial charge in [-0.15, -0.1) is 6.42 Å². The van der Waals surface area contributed by atoms with E-state index in [2.05, 4.69) is 16.2 Å². The Bertz CT molecular complexity index is 1850. The smallest absolute Gasteiger partial charge is 0.271 e. The maximum atomic E-state index is 14.0. The maximum absolute atomic E-state index is 14.0. The lowest BCUT2D eigenvalue weighted by molar-refractivity contribution is -0.113. The summed E-state index contributed by atoms with van der Waals surface area (Å²) >= 11 is 7.47. The Balaban J connectivity index is 1.69. The van der Waals surface area contributed by atoms with Crippen LogP contribution < -0.4 is 29.7 Å². The molecule has 4 aromatic rings. The third-order valence-electron chi connectivity index (χ3n) is 6.28. The summed E-state index contributed by atoms with van der Waals surface area (Å²) in [6.45, 7) is 1.84. The van der Waals surface area contributed by atoms with Crippen LogP contribution in [0.5, 0.6) is 11.5 Å². The van der Waals surface area contributed by atoms with E-state index >= 15 is 0 Å². The van der Waals surface area contributed by atoms with Crippen molar-refractivity contribution in [2.24, 2.45) is 4.99 Å². The molecule has 40 heavy (non-hydrogen) atoms. The third-order valence-corrected chi connectivity index (χ3v) is 7.49. The minimum atomic E-state index is -0.742. The van der Waals surface area contributed by atoms with Crippen LogP contribution in [0.2, 0.25) is 5.02 Å². The second-order valence-corrected chi connectivity index (χ2v) is 10.3. The van der Waals surface area contributed by atoms with Gasteiger partial charge in [-0.25, -0.2) is 4.99 Å². The summed E-state index contributed by atoms with van der Waals surface area (Å²) in [6.07, 6.45) is 7.07. The average Bonchev–Trinajstić information content (AvgIpc) is 3.26. The number of rotatable bonds is 7. The Morgan fingerprint density at radius 2 is 1.98 bits per heavy atom. The number of ether oxygens (including phenoxy) is 2. The van der Waals surface area contributed by atoms with E-state index in [0.29, 0.717) is 53.9 Å². The lowest BCUT2D eigenvalue weighted by Crippen LogP contribution is -2.40. The van der Waals surface area contributed by atoms with Crippen LogP contribution in [0.1, 0.15) is 24.1 Å². The molecular formula is C31H24ClN3O4S. The lowest BCUT2D eigenvalue weighted by Gasteiger charge is -2.25. The molecule has 1 atom stereocenters. The number of anilines is 1. The molecule has 1 aromatic heterocycles. The molecule has 0 bridgehead atoms. The summed E-state index contributed by atoms with van der Waals surface area (Å²) in [6, 6.07) is 20.8. The van der Waals surface area contributed by atoms with Gasteiger partial charge in [0.2, 0.25) is 0 Å². The summed E-state index contributed by atoms with van der Waals surface area (Å²) < 4.78 is 13.1. The molecule has 0 unspecified atom stereocenters. The van der Waals surface area contributed by atoms with Crippen LogP contribution in [-0.2, 0) is 4.79 Å². The molecule has 5 rings (SSSR count). The predicted octanol–water partition coefficient (Wildman–Crippen LogP) is 4.55. The number of nitrogens with zero attached hydrogens (tertiary/aromatic N) is 2. The van der Waals surface area contributed by atoms with Gasteiger partial charge in [0.15, 0.2) is 4.80 Å². The highest BCUT2D eigenvalue weighted by molar-refractivity contribution is 7.07. The number of halogens is 1. The Labute approximate surface area is 239 Å². The van der Waals surface area contributed by atoms with E-state index in [4.69, 9.17) is 27.5 Å². The molecule has 1 aliphatic rings. The minimum absolute atomic E-state index is 0.0681. The van der Waals surface area contributed by atoms with Gasteiger partial charge >= 0.3 is 0 Å². The van der Waals surface area contributed by atoms with Gasteiger partial charge in [0, 0.05) is 16.3 Å². The molecule has 0 spiro atoms. The number of para-hydroxylation sites is 1. The Kier molecular flexibility index (Phi) is 7.87. The Morgan fingerprint density at radius 3 is 2.73 bits per heavy atom. The fraction of sp³-hybridized carbons (Fsp3) is 0.129. The van der Waals surface area contributed by atoms with Gasteiger partial charge < -0.3 is 14.8 Å². The van der Waals surface area contributed by atoms with E-state index in [1.807, 2.05) is 42.5 Å². The van der Waals surface area contributed by atoms with Crippen molar-refractivity contribution in [2.45, 2.75) is 13.0 Å². The zero-order valence-corrected chi connectivity index (χ0v) is 23.3. The van der Waals surface area contributed by atoms with Gasteiger partial charge in [0.1, 0.15) is 18.1 Å². The molecule has 200 valence electrons. The van der Waals surface area contributed by atoms with Gasteiger partial charge in [0.25, 0.3) is 11.5 Å². The number of benzene rings is 3. The highest BCUT2D eigenvalue weighted by Gasteiger charge is 2.32. The van der Waals surface area contributed by atoms with Crippen molar-refractivity contribution in [2.75, 3.05) is 19.0 Å². The molecule has 0 saturated heterocycles. The molecule has 1 N–H and O–H groups in total. The fourth-order valence-corrected chi connectivity index (χ4v) is 5.70. The second kappa shape index (κ2) is 11.7. The fourth-order valence-electron chi connectivity index (χ4n) is 4.48. The molecular weight excluding hydrogens is 546 g/mol. The SMILES string of the molecule is C#CCOc1ccc(Cl)cc1/C=c1\sc2n(c1=O)[C@@H](c1cccc(OC)c1)C(C(=O)Nc1ccccc1)=C(C)N=2. The number of thiazole rings is 1. The predicted molar refractivity (Wildman–Crippen MR) is 158 cm³/mol. The van der Waals surface area contributed by atoms with E-state index in [1.54, 1.807) is 55.0 Å². The van der Waals surface area contributed by atoms with Crippen LogP contribution in [0.15, 0.2) is 93.9 Å². The molecule has 1 aliphatic heterocycles. The van der Waals surface area contributed by atoms with Gasteiger partial charge in [-0.3, -0.25) is 14.2 Å². The zero-order valence-electron chi connectivity index (χ0n) is 21.7. The normalized spacial score (nSPS) is 14.7. The van der Waals surface area contributed by atoms with Crippen LogP contribution >= 0.6 is 22.9 Å². The van der Waals surface area contributed by atoms with E-state index in [9.17, 15) is 9.59 Å². The molecule has 0 saturated carbocycles.